The molecule has 1 N–H and O–H groups in total. The lowest BCUT2D eigenvalue weighted by Gasteiger charge is -2.16. The second kappa shape index (κ2) is 10.7. The van der Waals surface area contributed by atoms with Gasteiger partial charge in [0.1, 0.15) is 0 Å². The largest absolute Gasteiger partial charge is 0.493 e. The van der Waals surface area contributed by atoms with E-state index in [0.29, 0.717) is 27.8 Å². The number of benzene rings is 2. The van der Waals surface area contributed by atoms with Crippen molar-refractivity contribution in [1.29, 1.82) is 0 Å². The number of rotatable bonds is 8. The van der Waals surface area contributed by atoms with Crippen LogP contribution in [0.25, 0.3) is 6.08 Å². The molecule has 0 saturated carbocycles. The molecule has 0 spiro atoms. The van der Waals surface area contributed by atoms with Gasteiger partial charge in [-0.15, -0.1) is 0 Å². The first-order valence-electron chi connectivity index (χ1n) is 9.53. The van der Waals surface area contributed by atoms with E-state index in [1.807, 2.05) is 45.0 Å². The number of nitrogens with zero attached hydrogens (tertiary/aromatic N) is 1. The first kappa shape index (κ1) is 23.3. The molecule has 0 heterocycles. The highest BCUT2D eigenvalue weighted by Crippen LogP contribution is 2.37. The van der Waals surface area contributed by atoms with Crippen molar-refractivity contribution < 1.29 is 19.1 Å². The van der Waals surface area contributed by atoms with Crippen LogP contribution in [0, 0.1) is 6.92 Å². The van der Waals surface area contributed by atoms with Crippen molar-refractivity contribution in [2.24, 2.45) is 0 Å². The molecular formula is C23H27ClN2O4. The monoisotopic (exact) mass is 430 g/mol. The Morgan fingerprint density at radius 2 is 1.87 bits per heavy atom. The molecule has 30 heavy (non-hydrogen) atoms. The van der Waals surface area contributed by atoms with Gasteiger partial charge in [0, 0.05) is 18.8 Å². The van der Waals surface area contributed by atoms with E-state index in [1.165, 1.54) is 18.1 Å². The lowest BCUT2D eigenvalue weighted by Crippen LogP contribution is -2.33. The number of likely N-dealkylation sites (N-methyl/N-ethyl adjacent to an activating group) is 1. The number of nitrogens with one attached hydrogen (secondary N) is 1. The van der Waals surface area contributed by atoms with E-state index in [9.17, 15) is 9.59 Å². The Morgan fingerprint density at radius 1 is 1.20 bits per heavy atom. The number of carbonyl (C=O) groups excluding carboxylic acids is 2. The first-order chi connectivity index (χ1) is 14.2. The summed E-state index contributed by atoms with van der Waals surface area (Å²) >= 11 is 6.30. The van der Waals surface area contributed by atoms with Crippen molar-refractivity contribution in [1.82, 2.24) is 4.90 Å². The van der Waals surface area contributed by atoms with Crippen molar-refractivity contribution in [3.8, 4) is 11.5 Å². The van der Waals surface area contributed by atoms with Gasteiger partial charge in [-0.05, 0) is 56.7 Å². The van der Waals surface area contributed by atoms with Gasteiger partial charge in [-0.2, -0.15) is 0 Å². The fraction of sp³-hybridized carbons (Fsp3) is 0.304. The molecule has 0 atom stereocenters. The van der Waals surface area contributed by atoms with Crippen LogP contribution in [0.3, 0.4) is 0 Å². The van der Waals surface area contributed by atoms with E-state index in [4.69, 9.17) is 21.1 Å². The molecule has 0 unspecified atom stereocenters. The summed E-state index contributed by atoms with van der Waals surface area (Å²) in [6.45, 7) is 5.69. The van der Waals surface area contributed by atoms with Gasteiger partial charge in [-0.3, -0.25) is 9.59 Å². The Labute approximate surface area is 182 Å². The van der Waals surface area contributed by atoms with E-state index >= 15 is 0 Å². The number of hydrogen-bond donors (Lipinski definition) is 1. The number of ether oxygens (including phenoxy) is 2. The highest BCUT2D eigenvalue weighted by Gasteiger charge is 2.14. The van der Waals surface area contributed by atoms with Crippen molar-refractivity contribution in [3.05, 3.63) is 58.6 Å². The summed E-state index contributed by atoms with van der Waals surface area (Å²) in [5, 5.41) is 3.16. The van der Waals surface area contributed by atoms with Gasteiger partial charge in [0.05, 0.1) is 24.8 Å². The smallest absolute Gasteiger partial charge is 0.246 e. The Bertz CT molecular complexity index is 924. The predicted molar refractivity (Wildman–Crippen MR) is 120 cm³/mol. The predicted octanol–water partition coefficient (Wildman–Crippen LogP) is 4.55. The molecule has 2 amide bonds. The third kappa shape index (κ3) is 6.81. The number of carbonyl (C=O) groups is 2. The van der Waals surface area contributed by atoms with Gasteiger partial charge >= 0.3 is 0 Å². The summed E-state index contributed by atoms with van der Waals surface area (Å²) in [6.07, 6.45) is 2.94. The van der Waals surface area contributed by atoms with Crippen molar-refractivity contribution in [2.75, 3.05) is 26.0 Å². The van der Waals surface area contributed by atoms with E-state index in [1.54, 1.807) is 25.3 Å². The summed E-state index contributed by atoms with van der Waals surface area (Å²) in [6, 6.07) is 10.9. The summed E-state index contributed by atoms with van der Waals surface area (Å²) in [5.41, 5.74) is 2.47. The number of aryl methyl sites for hydroxylation is 1. The zero-order valence-corrected chi connectivity index (χ0v) is 18.6. The van der Waals surface area contributed by atoms with Crippen LogP contribution in [-0.4, -0.2) is 43.5 Å². The molecular weight excluding hydrogens is 404 g/mol. The maximum absolute atomic E-state index is 12.4. The van der Waals surface area contributed by atoms with Gasteiger partial charge < -0.3 is 19.7 Å². The summed E-state index contributed by atoms with van der Waals surface area (Å²) in [4.78, 5) is 25.9. The minimum Gasteiger partial charge on any atom is -0.493 e. The molecule has 2 aromatic carbocycles. The molecule has 7 heteroatoms. The fourth-order valence-corrected chi connectivity index (χ4v) is 2.88. The van der Waals surface area contributed by atoms with Crippen LogP contribution in [0.5, 0.6) is 11.5 Å². The van der Waals surface area contributed by atoms with E-state index < -0.39 is 0 Å². The highest BCUT2D eigenvalue weighted by molar-refractivity contribution is 6.32. The highest BCUT2D eigenvalue weighted by atomic mass is 35.5. The van der Waals surface area contributed by atoms with Crippen LogP contribution in [-0.2, 0) is 9.59 Å². The van der Waals surface area contributed by atoms with Crippen LogP contribution in [0.2, 0.25) is 5.02 Å². The van der Waals surface area contributed by atoms with Crippen LogP contribution in [0.4, 0.5) is 5.69 Å². The summed E-state index contributed by atoms with van der Waals surface area (Å²) in [5.74, 6) is 0.353. The van der Waals surface area contributed by atoms with E-state index in [2.05, 4.69) is 5.32 Å². The SMILES string of the molecule is COc1cc(/C=C/C(=O)N(C)CC(=O)Nc2ccc(C)cc2)cc(Cl)c1OC(C)C. The zero-order chi connectivity index (χ0) is 22.3. The van der Waals surface area contributed by atoms with E-state index in [-0.39, 0.29) is 24.5 Å². The second-order valence-corrected chi connectivity index (χ2v) is 7.55. The molecule has 2 rings (SSSR count). The van der Waals surface area contributed by atoms with Crippen LogP contribution in [0.1, 0.15) is 25.0 Å². The van der Waals surface area contributed by atoms with Crippen LogP contribution in [0.15, 0.2) is 42.5 Å². The standard InChI is InChI=1S/C23H27ClN2O4/c1-15(2)30-23-19(24)12-17(13-20(23)29-5)8-11-22(28)26(4)14-21(27)25-18-9-6-16(3)7-10-18/h6-13,15H,14H2,1-5H3,(H,25,27)/b11-8+. The van der Waals surface area contributed by atoms with Crippen molar-refractivity contribution in [2.45, 2.75) is 26.9 Å². The molecule has 0 bridgehead atoms. The normalized spacial score (nSPS) is 10.9. The molecule has 0 aromatic heterocycles. The molecule has 0 fully saturated rings. The van der Waals surface area contributed by atoms with Gasteiger partial charge in [0.2, 0.25) is 11.8 Å². The quantitative estimate of drug-likeness (QED) is 0.623. The lowest BCUT2D eigenvalue weighted by atomic mass is 10.1. The first-order valence-corrected chi connectivity index (χ1v) is 9.91. The maximum Gasteiger partial charge on any atom is 0.246 e. The summed E-state index contributed by atoms with van der Waals surface area (Å²) < 4.78 is 11.0. The van der Waals surface area contributed by atoms with Gasteiger partial charge in [0.25, 0.3) is 0 Å². The molecule has 0 radical (unpaired) electrons. The number of halogens is 1. The summed E-state index contributed by atoms with van der Waals surface area (Å²) in [7, 11) is 3.09. The minimum absolute atomic E-state index is 0.0564. The van der Waals surface area contributed by atoms with Crippen LogP contribution >= 0.6 is 11.6 Å². The Balaban J connectivity index is 2.01. The maximum atomic E-state index is 12.4. The molecule has 0 saturated heterocycles. The number of hydrogen-bond acceptors (Lipinski definition) is 4. The third-order valence-corrected chi connectivity index (χ3v) is 4.40. The average Bonchev–Trinajstić information content (AvgIpc) is 2.69. The lowest BCUT2D eigenvalue weighted by molar-refractivity contribution is -0.129. The molecule has 2 aromatic rings. The molecule has 6 nitrogen and oxygen atoms in total. The van der Waals surface area contributed by atoms with Crippen molar-refractivity contribution >= 4 is 35.2 Å². The molecule has 0 aliphatic rings. The molecule has 0 aliphatic carbocycles. The Hall–Kier alpha value is -2.99. The number of methoxy groups -OCH3 is 1. The second-order valence-electron chi connectivity index (χ2n) is 7.14. The van der Waals surface area contributed by atoms with Gasteiger partial charge in [-0.25, -0.2) is 0 Å². The topological polar surface area (TPSA) is 67.9 Å². The van der Waals surface area contributed by atoms with E-state index in [0.717, 1.165) is 5.56 Å². The van der Waals surface area contributed by atoms with Gasteiger partial charge in [0.15, 0.2) is 11.5 Å². The van der Waals surface area contributed by atoms with Crippen molar-refractivity contribution in [3.63, 3.8) is 0 Å². The fourth-order valence-electron chi connectivity index (χ4n) is 2.61. The van der Waals surface area contributed by atoms with Crippen LogP contribution < -0.4 is 14.8 Å². The number of anilines is 1. The molecule has 160 valence electrons. The average molecular weight is 431 g/mol. The zero-order valence-electron chi connectivity index (χ0n) is 17.9. The Kier molecular flexibility index (Phi) is 8.30. The third-order valence-electron chi connectivity index (χ3n) is 4.12. The Morgan fingerprint density at radius 3 is 2.47 bits per heavy atom. The minimum atomic E-state index is -0.313. The number of amides is 2. The van der Waals surface area contributed by atoms with Gasteiger partial charge in [-0.1, -0.05) is 29.3 Å². The molecule has 0 aliphatic heterocycles.